The van der Waals surface area contributed by atoms with Gasteiger partial charge < -0.3 is 24.6 Å². The van der Waals surface area contributed by atoms with Crippen LogP contribution in [0, 0.1) is 0 Å². The molecule has 0 spiro atoms. The first-order valence-corrected chi connectivity index (χ1v) is 11.8. The summed E-state index contributed by atoms with van der Waals surface area (Å²) in [5, 5.41) is 28.0. The van der Waals surface area contributed by atoms with Gasteiger partial charge in [0.1, 0.15) is 18.2 Å². The van der Waals surface area contributed by atoms with Crippen molar-refractivity contribution in [1.82, 2.24) is 14.5 Å². The number of aliphatic hydroxyl groups is 3. The molecular formula is C27H35N3O4. The lowest BCUT2D eigenvalue weighted by molar-refractivity contribution is 0.141. The zero-order valence-corrected chi connectivity index (χ0v) is 19.8. The first-order chi connectivity index (χ1) is 16.7. The molecule has 1 atom stereocenters. The molecule has 0 unspecified atom stereocenters. The molecule has 0 saturated heterocycles. The van der Waals surface area contributed by atoms with Crippen molar-refractivity contribution < 1.29 is 20.1 Å². The molecule has 1 aromatic heterocycles. The fourth-order valence-corrected chi connectivity index (χ4v) is 3.82. The Labute approximate surface area is 201 Å². The maximum atomic E-state index is 9.81. The van der Waals surface area contributed by atoms with Crippen LogP contribution in [0.25, 0.3) is 17.2 Å². The van der Waals surface area contributed by atoms with Crippen molar-refractivity contribution in [3.63, 3.8) is 0 Å². The molecule has 7 heteroatoms. The summed E-state index contributed by atoms with van der Waals surface area (Å²) in [5.41, 5.74) is 3.28. The predicted molar refractivity (Wildman–Crippen MR) is 135 cm³/mol. The molecule has 0 aliphatic heterocycles. The third-order valence-electron chi connectivity index (χ3n) is 5.73. The molecule has 182 valence electrons. The van der Waals surface area contributed by atoms with Crippen LogP contribution in [0.5, 0.6) is 5.75 Å². The van der Waals surface area contributed by atoms with Crippen molar-refractivity contribution in [1.29, 1.82) is 0 Å². The van der Waals surface area contributed by atoms with Crippen molar-refractivity contribution in [2.45, 2.75) is 19.4 Å². The van der Waals surface area contributed by atoms with Crippen molar-refractivity contribution in [2.75, 3.05) is 46.1 Å². The average Bonchev–Trinajstić information content (AvgIpc) is 3.34. The molecule has 0 radical (unpaired) electrons. The SMILES string of the molecule is CCc1nccn1[C@@H](/C=C/c1ccc(-c2ccc(OCCN(CCO)CCO)cc2)cc1)CO. The molecule has 3 N–H and O–H groups in total. The van der Waals surface area contributed by atoms with E-state index in [-0.39, 0.29) is 25.9 Å². The van der Waals surface area contributed by atoms with Gasteiger partial charge in [-0.3, -0.25) is 4.90 Å². The number of rotatable bonds is 14. The van der Waals surface area contributed by atoms with E-state index in [0.717, 1.165) is 34.7 Å². The van der Waals surface area contributed by atoms with Crippen LogP contribution in [0.2, 0.25) is 0 Å². The number of aliphatic hydroxyl groups excluding tert-OH is 3. The number of ether oxygens (including phenoxy) is 1. The second kappa shape index (κ2) is 13.7. The molecule has 0 aliphatic carbocycles. The van der Waals surface area contributed by atoms with Crippen LogP contribution in [0.3, 0.4) is 0 Å². The quantitative estimate of drug-likeness (QED) is 0.339. The Hall–Kier alpha value is -2.97. The Morgan fingerprint density at radius 3 is 2.18 bits per heavy atom. The van der Waals surface area contributed by atoms with Gasteiger partial charge in [-0.05, 0) is 28.8 Å². The summed E-state index contributed by atoms with van der Waals surface area (Å²) in [6, 6.07) is 16.1. The molecule has 1 heterocycles. The summed E-state index contributed by atoms with van der Waals surface area (Å²) in [6.45, 7) is 4.40. The lowest BCUT2D eigenvalue weighted by Gasteiger charge is -2.20. The lowest BCUT2D eigenvalue weighted by atomic mass is 10.0. The minimum atomic E-state index is -0.135. The van der Waals surface area contributed by atoms with E-state index in [1.807, 2.05) is 52.1 Å². The minimum absolute atomic E-state index is 0.0211. The third-order valence-corrected chi connectivity index (χ3v) is 5.73. The maximum Gasteiger partial charge on any atom is 0.119 e. The molecule has 2 aromatic carbocycles. The highest BCUT2D eigenvalue weighted by Crippen LogP contribution is 2.23. The number of imidazole rings is 1. The lowest BCUT2D eigenvalue weighted by Crippen LogP contribution is -2.33. The molecule has 0 aliphatic rings. The van der Waals surface area contributed by atoms with Crippen molar-refractivity contribution in [3.05, 3.63) is 78.4 Å². The summed E-state index contributed by atoms with van der Waals surface area (Å²) in [7, 11) is 0. The van der Waals surface area contributed by atoms with Crippen molar-refractivity contribution >= 4 is 6.08 Å². The number of hydrogen-bond acceptors (Lipinski definition) is 6. The number of hydrogen-bond donors (Lipinski definition) is 3. The summed E-state index contributed by atoms with van der Waals surface area (Å²) >= 11 is 0. The monoisotopic (exact) mass is 465 g/mol. The van der Waals surface area contributed by atoms with E-state index in [1.54, 1.807) is 6.20 Å². The van der Waals surface area contributed by atoms with Crippen LogP contribution >= 0.6 is 0 Å². The molecule has 0 amide bonds. The Morgan fingerprint density at radius 1 is 0.941 bits per heavy atom. The molecule has 0 bridgehead atoms. The largest absolute Gasteiger partial charge is 0.492 e. The molecule has 3 rings (SSSR count). The molecule has 34 heavy (non-hydrogen) atoms. The smallest absolute Gasteiger partial charge is 0.119 e. The van der Waals surface area contributed by atoms with Gasteiger partial charge in [0.2, 0.25) is 0 Å². The molecule has 0 saturated carbocycles. The minimum Gasteiger partial charge on any atom is -0.492 e. The average molecular weight is 466 g/mol. The normalized spacial score (nSPS) is 12.5. The standard InChI is InChI=1S/C27H35N3O4/c1-2-27-28-13-14-30(27)25(21-33)10-5-22-3-6-23(7-4-22)24-8-11-26(12-9-24)34-20-17-29(15-18-31)16-19-32/h3-14,25,31-33H,2,15-21H2,1H3/b10-5+/t25-/m0/s1. The second-order valence-electron chi connectivity index (χ2n) is 8.00. The second-order valence-corrected chi connectivity index (χ2v) is 8.00. The number of aromatic nitrogens is 2. The van der Waals surface area contributed by atoms with E-state index >= 15 is 0 Å². The van der Waals surface area contributed by atoms with Gasteiger partial charge in [-0.25, -0.2) is 4.98 Å². The molecule has 0 fully saturated rings. The van der Waals surface area contributed by atoms with Crippen molar-refractivity contribution in [2.24, 2.45) is 0 Å². The predicted octanol–water partition coefficient (Wildman–Crippen LogP) is 3.02. The number of nitrogens with zero attached hydrogens (tertiary/aromatic N) is 3. The summed E-state index contributed by atoms with van der Waals surface area (Å²) in [6.07, 6.45) is 8.52. The zero-order chi connectivity index (χ0) is 24.2. The van der Waals surface area contributed by atoms with Gasteiger partial charge in [-0.1, -0.05) is 55.5 Å². The Balaban J connectivity index is 1.56. The van der Waals surface area contributed by atoms with Crippen LogP contribution in [0.15, 0.2) is 67.0 Å². The van der Waals surface area contributed by atoms with Crippen LogP contribution in [-0.2, 0) is 6.42 Å². The van der Waals surface area contributed by atoms with Crippen LogP contribution in [0.1, 0.15) is 24.4 Å². The number of benzene rings is 2. The van der Waals surface area contributed by atoms with E-state index < -0.39 is 0 Å². The van der Waals surface area contributed by atoms with E-state index in [9.17, 15) is 5.11 Å². The summed E-state index contributed by atoms with van der Waals surface area (Å²) in [4.78, 5) is 6.30. The van der Waals surface area contributed by atoms with Crippen LogP contribution in [0.4, 0.5) is 0 Å². The highest BCUT2D eigenvalue weighted by Gasteiger charge is 2.09. The van der Waals surface area contributed by atoms with Crippen LogP contribution < -0.4 is 4.74 Å². The van der Waals surface area contributed by atoms with Gasteiger partial charge in [0.05, 0.1) is 25.9 Å². The first-order valence-electron chi connectivity index (χ1n) is 11.8. The highest BCUT2D eigenvalue weighted by atomic mass is 16.5. The topological polar surface area (TPSA) is 91.0 Å². The van der Waals surface area contributed by atoms with Crippen molar-refractivity contribution in [3.8, 4) is 16.9 Å². The highest BCUT2D eigenvalue weighted by molar-refractivity contribution is 5.66. The van der Waals surface area contributed by atoms with E-state index in [2.05, 4.69) is 36.2 Å². The Kier molecular flexibility index (Phi) is 10.3. The van der Waals surface area contributed by atoms with E-state index in [0.29, 0.717) is 26.2 Å². The maximum absolute atomic E-state index is 9.81. The van der Waals surface area contributed by atoms with Gasteiger partial charge in [0.25, 0.3) is 0 Å². The van der Waals surface area contributed by atoms with Crippen LogP contribution in [-0.4, -0.2) is 75.8 Å². The van der Waals surface area contributed by atoms with E-state index in [4.69, 9.17) is 14.9 Å². The molecule has 3 aromatic rings. The van der Waals surface area contributed by atoms with Gasteiger partial charge in [-0.2, -0.15) is 0 Å². The molecular weight excluding hydrogens is 430 g/mol. The fourth-order valence-electron chi connectivity index (χ4n) is 3.82. The third kappa shape index (κ3) is 7.27. The fraction of sp³-hybridized carbons (Fsp3) is 0.370. The summed E-state index contributed by atoms with van der Waals surface area (Å²) < 4.78 is 7.82. The zero-order valence-electron chi connectivity index (χ0n) is 19.8. The van der Waals surface area contributed by atoms with E-state index in [1.165, 1.54) is 0 Å². The Bertz CT molecular complexity index is 993. The summed E-state index contributed by atoms with van der Waals surface area (Å²) in [5.74, 6) is 1.75. The van der Waals surface area contributed by atoms with Gasteiger partial charge in [0, 0.05) is 38.4 Å². The number of aryl methyl sites for hydroxylation is 1. The van der Waals surface area contributed by atoms with Gasteiger partial charge in [-0.15, -0.1) is 0 Å². The molecule has 7 nitrogen and oxygen atoms in total. The van der Waals surface area contributed by atoms with Gasteiger partial charge >= 0.3 is 0 Å². The Morgan fingerprint density at radius 2 is 1.59 bits per heavy atom. The first kappa shape index (κ1) is 25.6. The van der Waals surface area contributed by atoms with Gasteiger partial charge in [0.15, 0.2) is 0 Å².